The molecular formula is C9H7NaO5S. The summed E-state index contributed by atoms with van der Waals surface area (Å²) in [5.41, 5.74) is 0. The van der Waals surface area contributed by atoms with Crippen LogP contribution < -0.4 is 34.3 Å². The van der Waals surface area contributed by atoms with Gasteiger partial charge in [-0.25, -0.2) is 13.2 Å². The smallest absolute Gasteiger partial charge is 0.744 e. The van der Waals surface area contributed by atoms with Crippen LogP contribution in [0.5, 0.6) is 5.75 Å². The third-order valence-electron chi connectivity index (χ3n) is 1.48. The van der Waals surface area contributed by atoms with Crippen molar-refractivity contribution in [2.45, 2.75) is 4.90 Å². The standard InChI is InChI=1S/C9H8O5S.Na/c1-2-9(10)14-7-4-3-5-8(6-7)15(11,12)13;/h2-6H,1H2,(H,11,12,13);/q;+1/p-1. The van der Waals surface area contributed by atoms with Crippen LogP contribution in [0, 0.1) is 0 Å². The fourth-order valence-electron chi connectivity index (χ4n) is 0.851. The van der Waals surface area contributed by atoms with Gasteiger partial charge in [0.15, 0.2) is 0 Å². The molecular weight excluding hydrogens is 243 g/mol. The molecule has 0 N–H and O–H groups in total. The predicted molar refractivity (Wildman–Crippen MR) is 50.2 cm³/mol. The summed E-state index contributed by atoms with van der Waals surface area (Å²) < 4.78 is 36.5. The number of rotatable bonds is 3. The van der Waals surface area contributed by atoms with Gasteiger partial charge < -0.3 is 9.29 Å². The van der Waals surface area contributed by atoms with Gasteiger partial charge in [-0.2, -0.15) is 0 Å². The number of carbonyl (C=O) groups is 1. The van der Waals surface area contributed by atoms with Crippen molar-refractivity contribution in [2.75, 3.05) is 0 Å². The molecule has 5 nitrogen and oxygen atoms in total. The predicted octanol–water partition coefficient (Wildman–Crippen LogP) is -2.31. The molecule has 0 spiro atoms. The fraction of sp³-hybridized carbons (Fsp3) is 0. The molecule has 80 valence electrons. The van der Waals surface area contributed by atoms with Crippen LogP contribution in [-0.4, -0.2) is 18.9 Å². The summed E-state index contributed by atoms with van der Waals surface area (Å²) in [7, 11) is -4.53. The van der Waals surface area contributed by atoms with E-state index in [9.17, 15) is 17.8 Å². The zero-order chi connectivity index (χ0) is 11.5. The van der Waals surface area contributed by atoms with Gasteiger partial charge in [0.1, 0.15) is 15.9 Å². The Bertz CT molecular complexity index is 494. The Morgan fingerprint density at radius 2 is 2.06 bits per heavy atom. The molecule has 0 aliphatic carbocycles. The van der Waals surface area contributed by atoms with Gasteiger partial charge in [0.25, 0.3) is 0 Å². The van der Waals surface area contributed by atoms with Crippen molar-refractivity contribution < 1.29 is 52.1 Å². The van der Waals surface area contributed by atoms with Crippen LogP contribution in [0.3, 0.4) is 0 Å². The summed E-state index contributed by atoms with van der Waals surface area (Å²) >= 11 is 0. The fourth-order valence-corrected chi connectivity index (χ4v) is 1.36. The van der Waals surface area contributed by atoms with Crippen LogP contribution in [0.25, 0.3) is 0 Å². The molecule has 0 heterocycles. The van der Waals surface area contributed by atoms with E-state index in [1.807, 2.05) is 0 Å². The van der Waals surface area contributed by atoms with Gasteiger partial charge in [-0.1, -0.05) is 12.6 Å². The van der Waals surface area contributed by atoms with Gasteiger partial charge in [-0.15, -0.1) is 0 Å². The summed E-state index contributed by atoms with van der Waals surface area (Å²) in [6.07, 6.45) is 0.929. The molecule has 0 atom stereocenters. The van der Waals surface area contributed by atoms with Crippen LogP contribution in [0.1, 0.15) is 0 Å². The quantitative estimate of drug-likeness (QED) is 0.198. The first-order valence-electron chi connectivity index (χ1n) is 3.83. The van der Waals surface area contributed by atoms with Crippen molar-refractivity contribution >= 4 is 16.1 Å². The van der Waals surface area contributed by atoms with Crippen molar-refractivity contribution in [3.8, 4) is 5.75 Å². The van der Waals surface area contributed by atoms with Gasteiger partial charge in [0.05, 0.1) is 4.90 Å². The third kappa shape index (κ3) is 4.46. The maximum Gasteiger partial charge on any atom is 1.00 e. The Morgan fingerprint density at radius 1 is 1.44 bits per heavy atom. The maximum absolute atomic E-state index is 10.8. The van der Waals surface area contributed by atoms with E-state index < -0.39 is 21.0 Å². The summed E-state index contributed by atoms with van der Waals surface area (Å²) in [5.74, 6) is -0.743. The molecule has 0 aliphatic heterocycles. The third-order valence-corrected chi connectivity index (χ3v) is 2.31. The van der Waals surface area contributed by atoms with Crippen LogP contribution in [0.2, 0.25) is 0 Å². The largest absolute Gasteiger partial charge is 1.00 e. The molecule has 1 aromatic carbocycles. The van der Waals surface area contributed by atoms with E-state index in [0.717, 1.165) is 18.2 Å². The van der Waals surface area contributed by atoms with Gasteiger partial charge >= 0.3 is 35.5 Å². The van der Waals surface area contributed by atoms with Crippen LogP contribution in [0.4, 0.5) is 0 Å². The minimum Gasteiger partial charge on any atom is -0.744 e. The topological polar surface area (TPSA) is 83.5 Å². The van der Waals surface area contributed by atoms with E-state index in [1.54, 1.807) is 0 Å². The first-order chi connectivity index (χ1) is 6.93. The minimum atomic E-state index is -4.53. The number of carbonyl (C=O) groups excluding carboxylic acids is 1. The molecule has 0 bridgehead atoms. The molecule has 0 aliphatic rings. The second-order valence-corrected chi connectivity index (χ2v) is 3.93. The zero-order valence-corrected chi connectivity index (χ0v) is 11.4. The maximum atomic E-state index is 10.8. The average Bonchev–Trinajstić information content (AvgIpc) is 2.17. The van der Waals surface area contributed by atoms with E-state index in [1.165, 1.54) is 12.1 Å². The molecule has 7 heteroatoms. The molecule has 0 amide bonds. The van der Waals surface area contributed by atoms with Crippen molar-refractivity contribution in [1.29, 1.82) is 0 Å². The number of ether oxygens (including phenoxy) is 1. The molecule has 1 rings (SSSR count). The Balaban J connectivity index is 0.00000225. The zero-order valence-electron chi connectivity index (χ0n) is 8.54. The Morgan fingerprint density at radius 3 is 2.56 bits per heavy atom. The Labute approximate surface area is 115 Å². The first-order valence-corrected chi connectivity index (χ1v) is 5.24. The summed E-state index contributed by atoms with van der Waals surface area (Å²) in [5, 5.41) is 0. The Kier molecular flexibility index (Phi) is 5.91. The monoisotopic (exact) mass is 250 g/mol. The SMILES string of the molecule is C=CC(=O)Oc1cccc(S(=O)(=O)[O-])c1.[Na+]. The van der Waals surface area contributed by atoms with E-state index in [4.69, 9.17) is 0 Å². The summed E-state index contributed by atoms with van der Waals surface area (Å²) in [6, 6.07) is 4.75. The van der Waals surface area contributed by atoms with Crippen molar-refractivity contribution in [3.05, 3.63) is 36.9 Å². The van der Waals surface area contributed by atoms with Crippen LogP contribution in [0.15, 0.2) is 41.8 Å². The molecule has 0 saturated heterocycles. The first kappa shape index (κ1) is 15.3. The second kappa shape index (κ2) is 6.17. The molecule has 0 saturated carbocycles. The van der Waals surface area contributed by atoms with Gasteiger partial charge in [0.2, 0.25) is 0 Å². The van der Waals surface area contributed by atoms with E-state index >= 15 is 0 Å². The molecule has 1 aromatic rings. The van der Waals surface area contributed by atoms with Crippen molar-refractivity contribution in [1.82, 2.24) is 0 Å². The number of esters is 1. The van der Waals surface area contributed by atoms with Crippen molar-refractivity contribution in [2.24, 2.45) is 0 Å². The van der Waals surface area contributed by atoms with Crippen molar-refractivity contribution in [3.63, 3.8) is 0 Å². The molecule has 16 heavy (non-hydrogen) atoms. The van der Waals surface area contributed by atoms with Gasteiger partial charge in [-0.3, -0.25) is 0 Å². The van der Waals surface area contributed by atoms with E-state index in [2.05, 4.69) is 11.3 Å². The molecule has 0 aromatic heterocycles. The molecule has 0 fully saturated rings. The second-order valence-electron chi connectivity index (χ2n) is 2.55. The van der Waals surface area contributed by atoms with E-state index in [-0.39, 0.29) is 35.3 Å². The van der Waals surface area contributed by atoms with Gasteiger partial charge in [0, 0.05) is 6.08 Å². The molecule has 0 radical (unpaired) electrons. The average molecular weight is 250 g/mol. The number of hydrogen-bond donors (Lipinski definition) is 0. The van der Waals surface area contributed by atoms with Crippen LogP contribution in [-0.2, 0) is 14.9 Å². The van der Waals surface area contributed by atoms with Crippen LogP contribution >= 0.6 is 0 Å². The van der Waals surface area contributed by atoms with Gasteiger partial charge in [-0.05, 0) is 18.2 Å². The normalized spacial score (nSPS) is 10.1. The number of benzene rings is 1. The Hall–Kier alpha value is -0.660. The van der Waals surface area contributed by atoms with E-state index in [0.29, 0.717) is 0 Å². The molecule has 0 unspecified atom stereocenters. The summed E-state index contributed by atoms with van der Waals surface area (Å²) in [4.78, 5) is 10.3. The minimum absolute atomic E-state index is 0. The number of hydrogen-bond acceptors (Lipinski definition) is 5. The summed E-state index contributed by atoms with van der Waals surface area (Å²) in [6.45, 7) is 3.17.